The summed E-state index contributed by atoms with van der Waals surface area (Å²) in [5, 5.41) is 6.93. The molecule has 30 heavy (non-hydrogen) atoms. The third-order valence-electron chi connectivity index (χ3n) is 7.41. The van der Waals surface area contributed by atoms with E-state index in [1.807, 2.05) is 54.4 Å². The monoisotopic (exact) mass is 403 g/mol. The maximum Gasteiger partial charge on any atom is 0.255 e. The van der Waals surface area contributed by atoms with Gasteiger partial charge in [0.05, 0.1) is 5.56 Å². The minimum absolute atomic E-state index is 0.000226. The van der Waals surface area contributed by atoms with Gasteiger partial charge in [-0.3, -0.25) is 9.59 Å². The lowest BCUT2D eigenvalue weighted by Crippen LogP contribution is -2.68. The van der Waals surface area contributed by atoms with Crippen molar-refractivity contribution in [1.82, 2.24) is 10.2 Å². The summed E-state index contributed by atoms with van der Waals surface area (Å²) in [5.74, 6) is 0.903. The molecule has 3 aliphatic carbocycles. The topological polar surface area (TPSA) is 61.4 Å². The summed E-state index contributed by atoms with van der Waals surface area (Å²) in [7, 11) is 1.93. The van der Waals surface area contributed by atoms with Gasteiger partial charge in [0.1, 0.15) is 5.66 Å². The number of hydrogen-bond donors (Lipinski definition) is 2. The van der Waals surface area contributed by atoms with Crippen LogP contribution < -0.4 is 10.6 Å². The SMILES string of the molecule is CN(CCc1ccccc1)C(=O)[C@@H]1C[C@H]2CC[C@H]1C[C@@]21NC(=O)c2ccccc2N1. The fourth-order valence-electron chi connectivity index (χ4n) is 5.78. The maximum atomic E-state index is 13.3. The van der Waals surface area contributed by atoms with Crippen molar-refractivity contribution in [3.8, 4) is 0 Å². The highest BCUT2D eigenvalue weighted by atomic mass is 16.2. The Kier molecular flexibility index (Phi) is 4.76. The summed E-state index contributed by atoms with van der Waals surface area (Å²) in [6.45, 7) is 0.740. The molecule has 4 aliphatic rings. The zero-order valence-corrected chi connectivity index (χ0v) is 17.4. The molecule has 2 amide bonds. The van der Waals surface area contributed by atoms with E-state index < -0.39 is 5.66 Å². The Balaban J connectivity index is 1.28. The third kappa shape index (κ3) is 3.26. The van der Waals surface area contributed by atoms with E-state index in [2.05, 4.69) is 22.8 Å². The molecule has 3 fully saturated rings. The number of anilines is 1. The number of carbonyl (C=O) groups is 2. The van der Waals surface area contributed by atoms with Gasteiger partial charge in [-0.05, 0) is 55.7 Å². The number of carbonyl (C=O) groups excluding carboxylic acids is 2. The van der Waals surface area contributed by atoms with E-state index in [4.69, 9.17) is 0 Å². The second-order valence-electron chi connectivity index (χ2n) is 9.17. The largest absolute Gasteiger partial charge is 0.362 e. The van der Waals surface area contributed by atoms with Crippen LogP contribution in [0, 0.1) is 17.8 Å². The number of para-hydroxylation sites is 1. The number of fused-ring (bicyclic) bond motifs is 3. The molecule has 0 aromatic heterocycles. The number of rotatable bonds is 4. The van der Waals surface area contributed by atoms with Crippen LogP contribution in [0.2, 0.25) is 0 Å². The summed E-state index contributed by atoms with van der Waals surface area (Å²) in [6, 6.07) is 18.0. The summed E-state index contributed by atoms with van der Waals surface area (Å²) >= 11 is 0. The number of amides is 2. The Morgan fingerprint density at radius 2 is 1.83 bits per heavy atom. The third-order valence-corrected chi connectivity index (χ3v) is 7.41. The summed E-state index contributed by atoms with van der Waals surface area (Å²) < 4.78 is 0. The minimum atomic E-state index is -0.409. The van der Waals surface area contributed by atoms with Crippen LogP contribution >= 0.6 is 0 Å². The summed E-state index contributed by atoms with van der Waals surface area (Å²) in [6.07, 6.45) is 4.66. The Morgan fingerprint density at radius 1 is 1.07 bits per heavy atom. The van der Waals surface area contributed by atoms with Gasteiger partial charge in [-0.25, -0.2) is 0 Å². The van der Waals surface area contributed by atoms with Crippen LogP contribution in [0.4, 0.5) is 5.69 Å². The predicted octanol–water partition coefficient (Wildman–Crippen LogP) is 3.68. The molecule has 1 spiro atoms. The molecule has 1 aliphatic heterocycles. The molecule has 2 aromatic rings. The van der Waals surface area contributed by atoms with Gasteiger partial charge >= 0.3 is 0 Å². The molecule has 5 nitrogen and oxygen atoms in total. The first-order chi connectivity index (χ1) is 14.6. The normalized spacial score (nSPS) is 29.1. The molecule has 0 unspecified atom stereocenters. The Hall–Kier alpha value is -2.82. The fourth-order valence-corrected chi connectivity index (χ4v) is 5.78. The first-order valence-electron chi connectivity index (χ1n) is 11.0. The molecule has 3 saturated carbocycles. The highest BCUT2D eigenvalue weighted by Crippen LogP contribution is 2.52. The van der Waals surface area contributed by atoms with Gasteiger partial charge in [-0.15, -0.1) is 0 Å². The van der Waals surface area contributed by atoms with Crippen molar-refractivity contribution in [3.05, 3.63) is 65.7 Å². The lowest BCUT2D eigenvalue weighted by atomic mass is 9.58. The van der Waals surface area contributed by atoms with Crippen LogP contribution in [-0.2, 0) is 11.2 Å². The molecule has 5 heteroatoms. The molecule has 2 aromatic carbocycles. The number of nitrogens with zero attached hydrogens (tertiary/aromatic N) is 1. The van der Waals surface area contributed by atoms with Crippen molar-refractivity contribution in [2.75, 3.05) is 18.9 Å². The van der Waals surface area contributed by atoms with Crippen LogP contribution in [0.25, 0.3) is 0 Å². The van der Waals surface area contributed by atoms with E-state index in [0.717, 1.165) is 44.3 Å². The molecule has 1 heterocycles. The first kappa shape index (κ1) is 19.2. The second kappa shape index (κ2) is 7.46. The van der Waals surface area contributed by atoms with Crippen molar-refractivity contribution in [2.24, 2.45) is 17.8 Å². The van der Waals surface area contributed by atoms with E-state index in [-0.39, 0.29) is 23.7 Å². The molecule has 0 radical (unpaired) electrons. The van der Waals surface area contributed by atoms with E-state index in [0.29, 0.717) is 11.5 Å². The number of benzene rings is 2. The summed E-state index contributed by atoms with van der Waals surface area (Å²) in [5.41, 5.74) is 2.47. The lowest BCUT2D eigenvalue weighted by Gasteiger charge is -2.56. The van der Waals surface area contributed by atoms with Crippen molar-refractivity contribution < 1.29 is 9.59 Å². The molecular formula is C25H29N3O2. The molecule has 4 atom stereocenters. The standard InChI is InChI=1S/C25H29N3O2/c1-28(14-13-17-7-3-2-4-8-17)24(30)21-15-19-12-11-18(21)16-25(19)26-22-10-6-5-9-20(22)23(29)27-25/h2-10,18-19,21,26H,11-16H2,1H3,(H,27,29)/t18-,19+,21+,25+/m0/s1. The summed E-state index contributed by atoms with van der Waals surface area (Å²) in [4.78, 5) is 27.9. The smallest absolute Gasteiger partial charge is 0.255 e. The van der Waals surface area contributed by atoms with Crippen molar-refractivity contribution >= 4 is 17.5 Å². The Morgan fingerprint density at radius 3 is 2.60 bits per heavy atom. The Labute approximate surface area is 177 Å². The second-order valence-corrected chi connectivity index (χ2v) is 9.17. The van der Waals surface area contributed by atoms with Crippen LogP contribution in [-0.4, -0.2) is 36.0 Å². The highest BCUT2D eigenvalue weighted by molar-refractivity contribution is 6.02. The molecule has 0 saturated heterocycles. The molecule has 2 N–H and O–H groups in total. The number of nitrogens with one attached hydrogen (secondary N) is 2. The zero-order valence-electron chi connectivity index (χ0n) is 17.4. The number of hydrogen-bond acceptors (Lipinski definition) is 3. The van der Waals surface area contributed by atoms with Gasteiger partial charge in [0.25, 0.3) is 5.91 Å². The van der Waals surface area contributed by atoms with Crippen LogP contribution in [0.5, 0.6) is 0 Å². The van der Waals surface area contributed by atoms with E-state index in [1.54, 1.807) is 0 Å². The van der Waals surface area contributed by atoms with E-state index in [9.17, 15) is 9.59 Å². The molecule has 6 rings (SSSR count). The molecule has 2 bridgehead atoms. The van der Waals surface area contributed by atoms with Crippen molar-refractivity contribution in [3.63, 3.8) is 0 Å². The predicted molar refractivity (Wildman–Crippen MR) is 117 cm³/mol. The van der Waals surface area contributed by atoms with Crippen LogP contribution in [0.1, 0.15) is 41.6 Å². The Bertz CT molecular complexity index is 960. The zero-order chi connectivity index (χ0) is 20.7. The maximum absolute atomic E-state index is 13.3. The van der Waals surface area contributed by atoms with Gasteiger partial charge in [0.15, 0.2) is 0 Å². The molecule has 156 valence electrons. The van der Waals surface area contributed by atoms with Gasteiger partial charge < -0.3 is 15.5 Å². The van der Waals surface area contributed by atoms with Crippen LogP contribution in [0.3, 0.4) is 0 Å². The fraction of sp³-hybridized carbons (Fsp3) is 0.440. The van der Waals surface area contributed by atoms with Gasteiger partial charge in [0.2, 0.25) is 5.91 Å². The quantitative estimate of drug-likeness (QED) is 0.819. The first-order valence-corrected chi connectivity index (χ1v) is 11.0. The van der Waals surface area contributed by atoms with Gasteiger partial charge in [-0.1, -0.05) is 42.5 Å². The lowest BCUT2D eigenvalue weighted by molar-refractivity contribution is -0.141. The van der Waals surface area contributed by atoms with E-state index in [1.165, 1.54) is 5.56 Å². The molecular weight excluding hydrogens is 374 g/mol. The average molecular weight is 404 g/mol. The van der Waals surface area contributed by atoms with Crippen LogP contribution in [0.15, 0.2) is 54.6 Å². The minimum Gasteiger partial charge on any atom is -0.362 e. The van der Waals surface area contributed by atoms with E-state index >= 15 is 0 Å². The van der Waals surface area contributed by atoms with Crippen molar-refractivity contribution in [1.29, 1.82) is 0 Å². The van der Waals surface area contributed by atoms with Gasteiger partial charge in [-0.2, -0.15) is 0 Å². The van der Waals surface area contributed by atoms with Gasteiger partial charge in [0, 0.05) is 31.1 Å². The number of likely N-dealkylation sites (N-methyl/N-ethyl adjacent to an activating group) is 1. The highest BCUT2D eigenvalue weighted by Gasteiger charge is 2.55. The van der Waals surface area contributed by atoms with Crippen molar-refractivity contribution in [2.45, 2.75) is 37.8 Å². The average Bonchev–Trinajstić information content (AvgIpc) is 2.78.